The Kier molecular flexibility index (Phi) is 2.26. The van der Waals surface area contributed by atoms with Gasteiger partial charge in [0.15, 0.2) is 0 Å². The molecule has 74 valence electrons. The minimum atomic E-state index is 0.638. The number of anilines is 1. The van der Waals surface area contributed by atoms with Crippen LogP contribution in [0.5, 0.6) is 5.75 Å². The van der Waals surface area contributed by atoms with Gasteiger partial charge >= 0.3 is 0 Å². The van der Waals surface area contributed by atoms with Gasteiger partial charge in [0.25, 0.3) is 0 Å². The van der Waals surface area contributed by atoms with Gasteiger partial charge < -0.3 is 15.3 Å². The molecule has 2 N–H and O–H groups in total. The Morgan fingerprint density at radius 3 is 3.14 bits per heavy atom. The number of ether oxygens (including phenoxy) is 1. The van der Waals surface area contributed by atoms with E-state index in [1.807, 2.05) is 18.2 Å². The quantitative estimate of drug-likeness (QED) is 0.540. The standard InChI is InChI=1S/C10H12N2O2/c1-13-12-9-4-5-14-10-3-2-7(11)6-8(9)10/h2-3,6H,4-5,11H2,1H3. The van der Waals surface area contributed by atoms with Crippen molar-refractivity contribution in [2.45, 2.75) is 6.42 Å². The molecule has 0 saturated carbocycles. The van der Waals surface area contributed by atoms with E-state index in [0.717, 1.165) is 23.4 Å². The molecular weight excluding hydrogens is 180 g/mol. The third kappa shape index (κ3) is 1.51. The van der Waals surface area contributed by atoms with Crippen LogP contribution in [0.15, 0.2) is 23.4 Å². The highest BCUT2D eigenvalue weighted by molar-refractivity contribution is 6.04. The normalized spacial score (nSPS) is 17.4. The molecule has 1 aliphatic heterocycles. The number of fused-ring (bicyclic) bond motifs is 1. The summed E-state index contributed by atoms with van der Waals surface area (Å²) in [5, 5.41) is 3.95. The van der Waals surface area contributed by atoms with Gasteiger partial charge in [-0.1, -0.05) is 5.16 Å². The molecule has 1 aromatic carbocycles. The Labute approximate surface area is 82.3 Å². The van der Waals surface area contributed by atoms with E-state index in [4.69, 9.17) is 15.3 Å². The predicted molar refractivity (Wildman–Crippen MR) is 54.5 cm³/mol. The summed E-state index contributed by atoms with van der Waals surface area (Å²) in [6.07, 6.45) is 0.754. The minimum Gasteiger partial charge on any atom is -0.492 e. The number of benzene rings is 1. The second kappa shape index (κ2) is 3.57. The molecule has 2 rings (SSSR count). The number of oxime groups is 1. The zero-order valence-corrected chi connectivity index (χ0v) is 7.99. The molecular formula is C10H12N2O2. The molecule has 0 atom stereocenters. The monoisotopic (exact) mass is 192 g/mol. The molecule has 1 aliphatic rings. The minimum absolute atomic E-state index is 0.638. The summed E-state index contributed by atoms with van der Waals surface area (Å²) < 4.78 is 5.46. The molecule has 0 unspecified atom stereocenters. The van der Waals surface area contributed by atoms with Crippen molar-refractivity contribution in [3.05, 3.63) is 23.8 Å². The van der Waals surface area contributed by atoms with Crippen molar-refractivity contribution in [2.75, 3.05) is 19.5 Å². The predicted octanol–water partition coefficient (Wildman–Crippen LogP) is 1.40. The molecule has 0 amide bonds. The largest absolute Gasteiger partial charge is 0.492 e. The van der Waals surface area contributed by atoms with Crippen molar-refractivity contribution in [1.82, 2.24) is 0 Å². The Morgan fingerprint density at radius 1 is 1.50 bits per heavy atom. The maximum absolute atomic E-state index is 5.69. The van der Waals surface area contributed by atoms with Crippen LogP contribution in [0.3, 0.4) is 0 Å². The van der Waals surface area contributed by atoms with E-state index in [0.29, 0.717) is 12.3 Å². The Morgan fingerprint density at radius 2 is 2.36 bits per heavy atom. The number of hydrogen-bond acceptors (Lipinski definition) is 4. The number of nitrogens with two attached hydrogens (primary N) is 1. The first kappa shape index (κ1) is 8.87. The lowest BCUT2D eigenvalue weighted by atomic mass is 10.0. The summed E-state index contributed by atoms with van der Waals surface area (Å²) in [6.45, 7) is 0.638. The molecule has 0 aromatic heterocycles. The fourth-order valence-corrected chi connectivity index (χ4v) is 1.50. The maximum Gasteiger partial charge on any atom is 0.128 e. The molecule has 0 spiro atoms. The highest BCUT2D eigenvalue weighted by atomic mass is 16.6. The highest BCUT2D eigenvalue weighted by Gasteiger charge is 2.17. The van der Waals surface area contributed by atoms with E-state index in [1.54, 1.807) is 0 Å². The van der Waals surface area contributed by atoms with Crippen molar-refractivity contribution < 1.29 is 9.57 Å². The fraction of sp³-hybridized carbons (Fsp3) is 0.300. The van der Waals surface area contributed by atoms with Crippen LogP contribution in [0.2, 0.25) is 0 Å². The number of nitrogen functional groups attached to an aromatic ring is 1. The van der Waals surface area contributed by atoms with Gasteiger partial charge in [0, 0.05) is 17.7 Å². The summed E-state index contributed by atoms with van der Waals surface area (Å²) in [7, 11) is 1.54. The molecule has 0 aliphatic carbocycles. The van der Waals surface area contributed by atoms with Crippen LogP contribution in [-0.4, -0.2) is 19.4 Å². The van der Waals surface area contributed by atoms with Crippen molar-refractivity contribution in [1.29, 1.82) is 0 Å². The Balaban J connectivity index is 2.47. The summed E-state index contributed by atoms with van der Waals surface area (Å²) >= 11 is 0. The molecule has 4 nitrogen and oxygen atoms in total. The summed E-state index contributed by atoms with van der Waals surface area (Å²) in [5.74, 6) is 0.821. The number of rotatable bonds is 1. The van der Waals surface area contributed by atoms with Crippen LogP contribution in [0.1, 0.15) is 12.0 Å². The van der Waals surface area contributed by atoms with Gasteiger partial charge in [-0.05, 0) is 18.2 Å². The molecule has 4 heteroatoms. The first-order valence-corrected chi connectivity index (χ1v) is 4.44. The summed E-state index contributed by atoms with van der Waals surface area (Å²) in [6, 6.07) is 5.52. The average molecular weight is 192 g/mol. The van der Waals surface area contributed by atoms with Gasteiger partial charge in [-0.3, -0.25) is 0 Å². The van der Waals surface area contributed by atoms with Gasteiger partial charge in [-0.25, -0.2) is 0 Å². The first-order chi connectivity index (χ1) is 6.81. The first-order valence-electron chi connectivity index (χ1n) is 4.44. The molecule has 1 heterocycles. The van der Waals surface area contributed by atoms with E-state index in [2.05, 4.69) is 5.16 Å². The highest BCUT2D eigenvalue weighted by Crippen LogP contribution is 2.26. The van der Waals surface area contributed by atoms with Crippen LogP contribution in [0.4, 0.5) is 5.69 Å². The second-order valence-electron chi connectivity index (χ2n) is 3.07. The topological polar surface area (TPSA) is 56.8 Å². The molecule has 0 fully saturated rings. The molecule has 0 radical (unpaired) electrons. The summed E-state index contributed by atoms with van der Waals surface area (Å²) in [4.78, 5) is 4.77. The molecule has 0 saturated heterocycles. The van der Waals surface area contributed by atoms with Gasteiger partial charge in [0.2, 0.25) is 0 Å². The molecule has 14 heavy (non-hydrogen) atoms. The van der Waals surface area contributed by atoms with Crippen LogP contribution in [-0.2, 0) is 4.84 Å². The van der Waals surface area contributed by atoms with E-state index >= 15 is 0 Å². The maximum atomic E-state index is 5.69. The van der Waals surface area contributed by atoms with Crippen molar-refractivity contribution in [2.24, 2.45) is 5.16 Å². The van der Waals surface area contributed by atoms with Gasteiger partial charge in [0.05, 0.1) is 12.3 Å². The molecule has 0 bridgehead atoms. The third-order valence-corrected chi connectivity index (χ3v) is 2.11. The number of nitrogens with zero attached hydrogens (tertiary/aromatic N) is 1. The smallest absolute Gasteiger partial charge is 0.128 e. The van der Waals surface area contributed by atoms with Gasteiger partial charge in [-0.15, -0.1) is 0 Å². The lowest BCUT2D eigenvalue weighted by Gasteiger charge is -2.18. The second-order valence-corrected chi connectivity index (χ2v) is 3.07. The van der Waals surface area contributed by atoms with Crippen LogP contribution in [0.25, 0.3) is 0 Å². The zero-order chi connectivity index (χ0) is 9.97. The SMILES string of the molecule is CON=C1CCOc2ccc(N)cc21. The Hall–Kier alpha value is -1.71. The lowest BCUT2D eigenvalue weighted by Crippen LogP contribution is -2.16. The van der Waals surface area contributed by atoms with Crippen molar-refractivity contribution in [3.63, 3.8) is 0 Å². The zero-order valence-electron chi connectivity index (χ0n) is 7.99. The van der Waals surface area contributed by atoms with E-state index in [1.165, 1.54) is 7.11 Å². The van der Waals surface area contributed by atoms with Crippen molar-refractivity contribution >= 4 is 11.4 Å². The van der Waals surface area contributed by atoms with E-state index < -0.39 is 0 Å². The van der Waals surface area contributed by atoms with E-state index in [9.17, 15) is 0 Å². The van der Waals surface area contributed by atoms with Crippen LogP contribution < -0.4 is 10.5 Å². The number of hydrogen-bond donors (Lipinski definition) is 1. The van der Waals surface area contributed by atoms with E-state index in [-0.39, 0.29) is 0 Å². The van der Waals surface area contributed by atoms with Crippen molar-refractivity contribution in [3.8, 4) is 5.75 Å². The van der Waals surface area contributed by atoms with Crippen LogP contribution in [0, 0.1) is 0 Å². The summed E-state index contributed by atoms with van der Waals surface area (Å²) in [5.41, 5.74) is 8.21. The van der Waals surface area contributed by atoms with Gasteiger partial charge in [-0.2, -0.15) is 0 Å². The molecule has 1 aromatic rings. The Bertz CT molecular complexity index is 374. The fourth-order valence-electron chi connectivity index (χ4n) is 1.50. The van der Waals surface area contributed by atoms with Crippen LogP contribution >= 0.6 is 0 Å². The lowest BCUT2D eigenvalue weighted by molar-refractivity contribution is 0.210. The van der Waals surface area contributed by atoms with Gasteiger partial charge in [0.1, 0.15) is 12.9 Å². The third-order valence-electron chi connectivity index (χ3n) is 2.11. The average Bonchev–Trinajstić information content (AvgIpc) is 2.19.